The third-order valence-electron chi connectivity index (χ3n) is 2.53. The summed E-state index contributed by atoms with van der Waals surface area (Å²) in [5.41, 5.74) is 1.85. The number of carbonyl (C=O) groups excluding carboxylic acids is 1. The number of rotatable bonds is 2. The molecule has 74 valence electrons. The molecular weight excluding hydrogens is 178 g/mol. The summed E-state index contributed by atoms with van der Waals surface area (Å²) in [4.78, 5) is 19.6. The normalized spacial score (nSPS) is 15.3. The summed E-state index contributed by atoms with van der Waals surface area (Å²) >= 11 is 0. The Labute approximate surface area is 82.8 Å². The topological polar surface area (TPSA) is 54.9 Å². The van der Waals surface area contributed by atoms with Crippen molar-refractivity contribution >= 4 is 11.7 Å². The van der Waals surface area contributed by atoms with Crippen molar-refractivity contribution in [2.24, 2.45) is 5.92 Å². The summed E-state index contributed by atoms with van der Waals surface area (Å²) in [7, 11) is 0. The van der Waals surface area contributed by atoms with E-state index in [2.05, 4.69) is 15.3 Å². The van der Waals surface area contributed by atoms with Crippen LogP contribution in [-0.2, 0) is 4.79 Å². The molecule has 1 saturated carbocycles. The Kier molecular flexibility index (Phi) is 2.19. The Morgan fingerprint density at radius 1 is 1.43 bits per heavy atom. The minimum atomic E-state index is 0.0891. The first-order valence-electron chi connectivity index (χ1n) is 4.77. The number of hydrogen-bond acceptors (Lipinski definition) is 3. The molecule has 1 aromatic rings. The molecule has 0 radical (unpaired) electrons. The van der Waals surface area contributed by atoms with Crippen LogP contribution in [0.2, 0.25) is 0 Å². The zero-order valence-corrected chi connectivity index (χ0v) is 8.37. The lowest BCUT2D eigenvalue weighted by Gasteiger charge is -2.07. The van der Waals surface area contributed by atoms with E-state index >= 15 is 0 Å². The Morgan fingerprint density at radius 2 is 2.14 bits per heavy atom. The molecule has 1 aliphatic carbocycles. The molecule has 1 fully saturated rings. The standard InChI is InChI=1S/C10H13N3O/c1-6-7(2)11-5-12-9(6)13-10(14)8-3-4-8/h5,8H,3-4H2,1-2H3,(H,11,12,13,14). The van der Waals surface area contributed by atoms with Gasteiger partial charge in [0.2, 0.25) is 5.91 Å². The van der Waals surface area contributed by atoms with Crippen LogP contribution in [0.5, 0.6) is 0 Å². The van der Waals surface area contributed by atoms with E-state index in [-0.39, 0.29) is 11.8 Å². The predicted octanol–water partition coefficient (Wildman–Crippen LogP) is 1.44. The molecule has 0 unspecified atom stereocenters. The van der Waals surface area contributed by atoms with E-state index in [1.165, 1.54) is 6.33 Å². The molecule has 0 spiro atoms. The molecule has 1 amide bonds. The van der Waals surface area contributed by atoms with Crippen LogP contribution in [0.15, 0.2) is 6.33 Å². The molecule has 0 aliphatic heterocycles. The largest absolute Gasteiger partial charge is 0.310 e. The highest BCUT2D eigenvalue weighted by Gasteiger charge is 2.30. The summed E-state index contributed by atoms with van der Waals surface area (Å²) in [6.45, 7) is 3.82. The van der Waals surface area contributed by atoms with Crippen molar-refractivity contribution < 1.29 is 4.79 Å². The molecule has 0 aromatic carbocycles. The second-order valence-corrected chi connectivity index (χ2v) is 3.70. The van der Waals surface area contributed by atoms with Gasteiger partial charge in [-0.1, -0.05) is 0 Å². The molecule has 0 saturated heterocycles. The highest BCUT2D eigenvalue weighted by Crippen LogP contribution is 2.30. The maximum Gasteiger partial charge on any atom is 0.228 e. The highest BCUT2D eigenvalue weighted by atomic mass is 16.2. The SMILES string of the molecule is Cc1ncnc(NC(=O)C2CC2)c1C. The molecule has 4 heteroatoms. The van der Waals surface area contributed by atoms with E-state index in [0.29, 0.717) is 5.82 Å². The number of nitrogens with zero attached hydrogens (tertiary/aromatic N) is 2. The molecule has 1 N–H and O–H groups in total. The van der Waals surface area contributed by atoms with Crippen molar-refractivity contribution in [2.45, 2.75) is 26.7 Å². The number of hydrogen-bond donors (Lipinski definition) is 1. The summed E-state index contributed by atoms with van der Waals surface area (Å²) in [6.07, 6.45) is 3.49. The van der Waals surface area contributed by atoms with Crippen LogP contribution in [-0.4, -0.2) is 15.9 Å². The quantitative estimate of drug-likeness (QED) is 0.769. The van der Waals surface area contributed by atoms with Gasteiger partial charge in [-0.3, -0.25) is 4.79 Å². The van der Waals surface area contributed by atoms with Crippen molar-refractivity contribution in [3.8, 4) is 0 Å². The zero-order valence-electron chi connectivity index (χ0n) is 8.37. The van der Waals surface area contributed by atoms with Gasteiger partial charge < -0.3 is 5.32 Å². The fraction of sp³-hybridized carbons (Fsp3) is 0.500. The molecular formula is C10H13N3O. The second kappa shape index (κ2) is 3.36. The van der Waals surface area contributed by atoms with Crippen LogP contribution in [0, 0.1) is 19.8 Å². The van der Waals surface area contributed by atoms with Crippen LogP contribution < -0.4 is 5.32 Å². The van der Waals surface area contributed by atoms with E-state index in [9.17, 15) is 4.79 Å². The lowest BCUT2D eigenvalue weighted by atomic mass is 10.2. The third kappa shape index (κ3) is 1.73. The smallest absolute Gasteiger partial charge is 0.228 e. The van der Waals surface area contributed by atoms with E-state index in [1.807, 2.05) is 13.8 Å². The van der Waals surface area contributed by atoms with Gasteiger partial charge in [0.1, 0.15) is 12.1 Å². The van der Waals surface area contributed by atoms with Crippen molar-refractivity contribution in [3.63, 3.8) is 0 Å². The molecule has 0 bridgehead atoms. The van der Waals surface area contributed by atoms with Crippen LogP contribution in [0.4, 0.5) is 5.82 Å². The molecule has 4 nitrogen and oxygen atoms in total. The van der Waals surface area contributed by atoms with Crippen molar-refractivity contribution in [3.05, 3.63) is 17.6 Å². The fourth-order valence-electron chi connectivity index (χ4n) is 1.23. The second-order valence-electron chi connectivity index (χ2n) is 3.70. The maximum atomic E-state index is 11.5. The third-order valence-corrected chi connectivity index (χ3v) is 2.53. The fourth-order valence-corrected chi connectivity index (χ4v) is 1.23. The van der Waals surface area contributed by atoms with Gasteiger partial charge in [0.25, 0.3) is 0 Å². The number of anilines is 1. The van der Waals surface area contributed by atoms with Gasteiger partial charge in [0.15, 0.2) is 0 Å². The first kappa shape index (κ1) is 9.12. The van der Waals surface area contributed by atoms with Gasteiger partial charge in [0, 0.05) is 17.2 Å². The summed E-state index contributed by atoms with van der Waals surface area (Å²) in [5.74, 6) is 0.949. The first-order valence-corrected chi connectivity index (χ1v) is 4.77. The first-order chi connectivity index (χ1) is 6.68. The van der Waals surface area contributed by atoms with Gasteiger partial charge in [-0.15, -0.1) is 0 Å². The number of nitrogens with one attached hydrogen (secondary N) is 1. The van der Waals surface area contributed by atoms with E-state index in [4.69, 9.17) is 0 Å². The Hall–Kier alpha value is -1.45. The summed E-state index contributed by atoms with van der Waals surface area (Å²) in [6, 6.07) is 0. The lowest BCUT2D eigenvalue weighted by molar-refractivity contribution is -0.117. The maximum absolute atomic E-state index is 11.5. The highest BCUT2D eigenvalue weighted by molar-refractivity contribution is 5.93. The molecule has 14 heavy (non-hydrogen) atoms. The van der Waals surface area contributed by atoms with Gasteiger partial charge in [0.05, 0.1) is 0 Å². The molecule has 1 heterocycles. The Balaban J connectivity index is 2.15. The van der Waals surface area contributed by atoms with Gasteiger partial charge in [-0.2, -0.15) is 0 Å². The van der Waals surface area contributed by atoms with Crippen LogP contribution in [0.3, 0.4) is 0 Å². The molecule has 1 aliphatic rings. The molecule has 0 atom stereocenters. The Morgan fingerprint density at radius 3 is 2.79 bits per heavy atom. The van der Waals surface area contributed by atoms with E-state index in [0.717, 1.165) is 24.1 Å². The Bertz CT molecular complexity index is 372. The predicted molar refractivity (Wildman–Crippen MR) is 52.9 cm³/mol. The lowest BCUT2D eigenvalue weighted by Crippen LogP contribution is -2.15. The summed E-state index contributed by atoms with van der Waals surface area (Å²) < 4.78 is 0. The van der Waals surface area contributed by atoms with Crippen molar-refractivity contribution in [2.75, 3.05) is 5.32 Å². The minimum Gasteiger partial charge on any atom is -0.310 e. The van der Waals surface area contributed by atoms with E-state index in [1.54, 1.807) is 0 Å². The van der Waals surface area contributed by atoms with Gasteiger partial charge >= 0.3 is 0 Å². The number of amides is 1. The van der Waals surface area contributed by atoms with E-state index < -0.39 is 0 Å². The average molecular weight is 191 g/mol. The van der Waals surface area contributed by atoms with Gasteiger partial charge in [-0.05, 0) is 26.7 Å². The minimum absolute atomic E-state index is 0.0891. The monoisotopic (exact) mass is 191 g/mol. The number of carbonyl (C=O) groups is 1. The summed E-state index contributed by atoms with van der Waals surface area (Å²) in [5, 5.41) is 2.82. The zero-order chi connectivity index (χ0) is 10.1. The van der Waals surface area contributed by atoms with Crippen molar-refractivity contribution in [1.82, 2.24) is 9.97 Å². The van der Waals surface area contributed by atoms with Crippen molar-refractivity contribution in [1.29, 1.82) is 0 Å². The average Bonchev–Trinajstić information content (AvgIpc) is 2.95. The molecule has 2 rings (SSSR count). The molecule has 1 aromatic heterocycles. The van der Waals surface area contributed by atoms with Crippen LogP contribution in [0.25, 0.3) is 0 Å². The van der Waals surface area contributed by atoms with Crippen LogP contribution >= 0.6 is 0 Å². The number of aryl methyl sites for hydroxylation is 1. The van der Waals surface area contributed by atoms with Gasteiger partial charge in [-0.25, -0.2) is 9.97 Å². The van der Waals surface area contributed by atoms with Crippen LogP contribution in [0.1, 0.15) is 24.1 Å². The number of aromatic nitrogens is 2.